The molecule has 6 nitrogen and oxygen atoms in total. The van der Waals surface area contributed by atoms with E-state index in [1.807, 2.05) is 34.9 Å². The Hall–Kier alpha value is -1.50. The number of halogens is 1. The summed E-state index contributed by atoms with van der Waals surface area (Å²) in [4.78, 5) is 11.7. The molecule has 2 aromatic rings. The molecule has 1 N–H and O–H groups in total. The van der Waals surface area contributed by atoms with Crippen molar-refractivity contribution in [1.29, 1.82) is 0 Å². The van der Waals surface area contributed by atoms with Gasteiger partial charge in [-0.3, -0.25) is 4.79 Å². The van der Waals surface area contributed by atoms with Gasteiger partial charge in [0.15, 0.2) is 5.78 Å². The molecule has 0 bridgehead atoms. The van der Waals surface area contributed by atoms with Crippen LogP contribution in [0.5, 0.6) is 0 Å². The van der Waals surface area contributed by atoms with E-state index >= 15 is 0 Å². The van der Waals surface area contributed by atoms with Crippen molar-refractivity contribution in [3.63, 3.8) is 0 Å². The van der Waals surface area contributed by atoms with Crippen LogP contribution in [-0.2, 0) is 24.8 Å². The molecule has 0 fully saturated rings. The van der Waals surface area contributed by atoms with E-state index in [-0.39, 0.29) is 22.8 Å². The number of nitrogens with zero attached hydrogens (tertiary/aromatic N) is 4. The van der Waals surface area contributed by atoms with Gasteiger partial charge in [-0.2, -0.15) is 15.4 Å². The van der Waals surface area contributed by atoms with Crippen LogP contribution in [0.2, 0.25) is 0 Å². The third-order valence-corrected chi connectivity index (χ3v) is 2.54. The SMILES string of the molecule is C[n+]1ccn(CC(=O)CCCc2cn[nH]n2)c1.[Br-]. The largest absolute Gasteiger partial charge is 1.00 e. The summed E-state index contributed by atoms with van der Waals surface area (Å²) in [7, 11) is 1.94. The van der Waals surface area contributed by atoms with Crippen LogP contribution >= 0.6 is 0 Å². The van der Waals surface area contributed by atoms with Gasteiger partial charge in [0.05, 0.1) is 18.9 Å². The standard InChI is InChI=1S/C11H16N5O.BrH/c1-15-5-6-16(9-15)8-11(17)4-2-3-10-7-12-14-13-10;/h5-7,9H,2-4,8H2,1H3,(H,12,13,14);1H/q+1;/p-1. The van der Waals surface area contributed by atoms with Crippen molar-refractivity contribution in [2.75, 3.05) is 0 Å². The quantitative estimate of drug-likeness (QED) is 0.579. The van der Waals surface area contributed by atoms with Gasteiger partial charge in [0.1, 0.15) is 18.9 Å². The number of aromatic amines is 1. The number of carbonyl (C=O) groups excluding carboxylic acids is 1. The topological polar surface area (TPSA) is 67.4 Å². The molecule has 0 spiro atoms. The van der Waals surface area contributed by atoms with Crippen molar-refractivity contribution in [2.45, 2.75) is 25.8 Å². The van der Waals surface area contributed by atoms with Crippen LogP contribution in [0.3, 0.4) is 0 Å². The van der Waals surface area contributed by atoms with Crippen LogP contribution in [0.25, 0.3) is 0 Å². The molecule has 0 unspecified atom stereocenters. The van der Waals surface area contributed by atoms with E-state index in [2.05, 4.69) is 15.4 Å². The molecule has 0 aliphatic heterocycles. The Morgan fingerprint density at radius 1 is 1.56 bits per heavy atom. The van der Waals surface area contributed by atoms with Gasteiger partial charge in [0.2, 0.25) is 6.33 Å². The maximum absolute atomic E-state index is 11.7. The fourth-order valence-electron chi connectivity index (χ4n) is 1.69. The third kappa shape index (κ3) is 4.40. The average molecular weight is 314 g/mol. The van der Waals surface area contributed by atoms with E-state index in [1.54, 1.807) is 6.20 Å². The van der Waals surface area contributed by atoms with Gasteiger partial charge in [-0.1, -0.05) is 0 Å². The number of nitrogens with one attached hydrogen (secondary N) is 1. The Morgan fingerprint density at radius 3 is 3.00 bits per heavy atom. The van der Waals surface area contributed by atoms with E-state index < -0.39 is 0 Å². The Balaban J connectivity index is 0.00000162. The van der Waals surface area contributed by atoms with Crippen LogP contribution in [0.1, 0.15) is 18.5 Å². The second-order valence-electron chi connectivity index (χ2n) is 4.10. The summed E-state index contributed by atoms with van der Waals surface area (Å²) in [6.07, 6.45) is 9.60. The summed E-state index contributed by atoms with van der Waals surface area (Å²) < 4.78 is 3.81. The minimum atomic E-state index is 0. The molecule has 2 heterocycles. The number of aryl methyl sites for hydroxylation is 2. The number of H-pyrrole nitrogens is 1. The number of carbonyl (C=O) groups is 1. The second kappa shape index (κ2) is 7.05. The van der Waals surface area contributed by atoms with Crippen molar-refractivity contribution < 1.29 is 26.3 Å². The molecule has 2 rings (SSSR count). The van der Waals surface area contributed by atoms with E-state index in [0.29, 0.717) is 13.0 Å². The summed E-state index contributed by atoms with van der Waals surface area (Å²) in [6.45, 7) is 0.444. The zero-order valence-corrected chi connectivity index (χ0v) is 11.8. The van der Waals surface area contributed by atoms with Crippen molar-refractivity contribution in [1.82, 2.24) is 20.0 Å². The summed E-state index contributed by atoms with van der Waals surface area (Å²) in [6, 6.07) is 0. The van der Waals surface area contributed by atoms with Crippen molar-refractivity contribution in [3.8, 4) is 0 Å². The number of aromatic nitrogens is 5. The zero-order chi connectivity index (χ0) is 12.1. The van der Waals surface area contributed by atoms with Crippen molar-refractivity contribution in [3.05, 3.63) is 30.6 Å². The number of hydrogen-bond acceptors (Lipinski definition) is 3. The second-order valence-corrected chi connectivity index (χ2v) is 4.10. The van der Waals surface area contributed by atoms with Crippen molar-refractivity contribution >= 4 is 5.78 Å². The van der Waals surface area contributed by atoms with Crippen LogP contribution in [0.15, 0.2) is 24.9 Å². The Labute approximate surface area is 116 Å². The lowest BCUT2D eigenvalue weighted by atomic mass is 10.1. The normalized spacial score (nSPS) is 10.1. The third-order valence-electron chi connectivity index (χ3n) is 2.54. The first-order valence-electron chi connectivity index (χ1n) is 5.61. The lowest BCUT2D eigenvalue weighted by molar-refractivity contribution is -0.671. The van der Waals surface area contributed by atoms with Gasteiger partial charge in [-0.25, -0.2) is 9.13 Å². The highest BCUT2D eigenvalue weighted by molar-refractivity contribution is 5.78. The molecule has 0 aliphatic carbocycles. The molecule has 0 amide bonds. The van der Waals surface area contributed by atoms with Crippen LogP contribution < -0.4 is 21.5 Å². The molecule has 0 aliphatic rings. The molecule has 7 heteroatoms. The summed E-state index contributed by atoms with van der Waals surface area (Å²) in [5.74, 6) is 0.240. The van der Waals surface area contributed by atoms with Gasteiger partial charge in [0, 0.05) is 6.42 Å². The van der Waals surface area contributed by atoms with Gasteiger partial charge >= 0.3 is 0 Å². The highest BCUT2D eigenvalue weighted by Crippen LogP contribution is 2.01. The molecule has 0 radical (unpaired) electrons. The highest BCUT2D eigenvalue weighted by atomic mass is 79.9. The number of Topliss-reactive ketones (excluding diaryl/α,β-unsaturated/α-hetero) is 1. The molecule has 18 heavy (non-hydrogen) atoms. The fourth-order valence-corrected chi connectivity index (χ4v) is 1.69. The minimum absolute atomic E-state index is 0. The summed E-state index contributed by atoms with van der Waals surface area (Å²) in [5, 5.41) is 10.2. The lowest BCUT2D eigenvalue weighted by Crippen LogP contribution is -3.00. The monoisotopic (exact) mass is 313 g/mol. The molecule has 0 atom stereocenters. The van der Waals surface area contributed by atoms with Gasteiger partial charge < -0.3 is 17.0 Å². The molecular weight excluding hydrogens is 298 g/mol. The number of imidazole rings is 1. The van der Waals surface area contributed by atoms with Crippen LogP contribution in [0, 0.1) is 0 Å². The van der Waals surface area contributed by atoms with Gasteiger partial charge in [0.25, 0.3) is 0 Å². The molecule has 0 aromatic carbocycles. The smallest absolute Gasteiger partial charge is 0.243 e. The first-order valence-corrected chi connectivity index (χ1v) is 5.61. The predicted octanol–water partition coefficient (Wildman–Crippen LogP) is -2.97. The minimum Gasteiger partial charge on any atom is -1.00 e. The van der Waals surface area contributed by atoms with Crippen molar-refractivity contribution in [2.24, 2.45) is 7.05 Å². The Kier molecular flexibility index (Phi) is 5.70. The highest BCUT2D eigenvalue weighted by Gasteiger charge is 2.08. The van der Waals surface area contributed by atoms with Crippen LogP contribution in [0.4, 0.5) is 0 Å². The summed E-state index contributed by atoms with van der Waals surface area (Å²) >= 11 is 0. The first-order chi connectivity index (χ1) is 8.24. The number of rotatable bonds is 6. The van der Waals surface area contributed by atoms with Gasteiger partial charge in [-0.15, -0.1) is 0 Å². The fraction of sp³-hybridized carbons (Fsp3) is 0.455. The van der Waals surface area contributed by atoms with E-state index in [1.165, 1.54) is 0 Å². The van der Waals surface area contributed by atoms with Gasteiger partial charge in [-0.05, 0) is 12.8 Å². The molecule has 0 saturated heterocycles. The average Bonchev–Trinajstić information content (AvgIpc) is 2.90. The molecule has 2 aromatic heterocycles. The number of hydrogen-bond donors (Lipinski definition) is 1. The summed E-state index contributed by atoms with van der Waals surface area (Å²) in [5.41, 5.74) is 0.908. The lowest BCUT2D eigenvalue weighted by Gasteiger charge is -1.97. The van der Waals surface area contributed by atoms with E-state index in [9.17, 15) is 4.79 Å². The Bertz CT molecular complexity index is 479. The zero-order valence-electron chi connectivity index (χ0n) is 10.2. The maximum atomic E-state index is 11.7. The predicted molar refractivity (Wildman–Crippen MR) is 59.9 cm³/mol. The molecule has 0 saturated carbocycles. The first kappa shape index (κ1) is 14.6. The maximum Gasteiger partial charge on any atom is 0.243 e. The molecule has 98 valence electrons. The van der Waals surface area contributed by atoms with Crippen LogP contribution in [-0.4, -0.2) is 25.8 Å². The number of ketones is 1. The Morgan fingerprint density at radius 2 is 2.39 bits per heavy atom. The van der Waals surface area contributed by atoms with E-state index in [4.69, 9.17) is 0 Å². The van der Waals surface area contributed by atoms with E-state index in [0.717, 1.165) is 18.5 Å². The molecular formula is C11H16BrN5O.